The molecular weight excluding hydrogens is 430 g/mol. The van der Waals surface area contributed by atoms with E-state index < -0.39 is 23.8 Å². The van der Waals surface area contributed by atoms with Gasteiger partial charge in [0.15, 0.2) is 0 Å². The molecule has 0 saturated heterocycles. The zero-order chi connectivity index (χ0) is 25.5. The van der Waals surface area contributed by atoms with E-state index in [9.17, 15) is 14.4 Å². The molecule has 0 aromatic heterocycles. The second-order valence-corrected chi connectivity index (χ2v) is 9.83. The van der Waals surface area contributed by atoms with Crippen LogP contribution >= 0.6 is 0 Å². The second-order valence-electron chi connectivity index (χ2n) is 9.83. The summed E-state index contributed by atoms with van der Waals surface area (Å²) in [7, 11) is 1.58. The molecular formula is C27H37N3O4. The molecule has 0 radical (unpaired) electrons. The summed E-state index contributed by atoms with van der Waals surface area (Å²) in [5.41, 5.74) is 2.00. The van der Waals surface area contributed by atoms with Gasteiger partial charge in [0, 0.05) is 13.6 Å². The molecule has 34 heavy (non-hydrogen) atoms. The van der Waals surface area contributed by atoms with Gasteiger partial charge in [-0.05, 0) is 44.7 Å². The van der Waals surface area contributed by atoms with Gasteiger partial charge in [0.05, 0.1) is 0 Å². The molecule has 2 aromatic carbocycles. The van der Waals surface area contributed by atoms with Crippen LogP contribution in [0.3, 0.4) is 0 Å². The predicted octanol–water partition coefficient (Wildman–Crippen LogP) is 4.36. The van der Waals surface area contributed by atoms with Crippen molar-refractivity contribution in [3.63, 3.8) is 0 Å². The summed E-state index contributed by atoms with van der Waals surface area (Å²) in [6.07, 6.45) is -0.673. The Balaban J connectivity index is 2.28. The summed E-state index contributed by atoms with van der Waals surface area (Å²) in [6, 6.07) is 15.4. The van der Waals surface area contributed by atoms with Crippen LogP contribution in [0.4, 0.5) is 4.79 Å². The number of hydrogen-bond acceptors (Lipinski definition) is 4. The number of aryl methyl sites for hydroxylation is 1. The van der Waals surface area contributed by atoms with Crippen molar-refractivity contribution in [1.29, 1.82) is 0 Å². The molecule has 2 rings (SSSR count). The fourth-order valence-electron chi connectivity index (χ4n) is 3.48. The minimum Gasteiger partial charge on any atom is -0.444 e. The fraction of sp³-hybridized carbons (Fsp3) is 0.444. The third-order valence-corrected chi connectivity index (χ3v) is 5.29. The molecule has 0 bridgehead atoms. The molecule has 0 fully saturated rings. The zero-order valence-electron chi connectivity index (χ0n) is 21.2. The first-order valence-electron chi connectivity index (χ1n) is 11.5. The van der Waals surface area contributed by atoms with E-state index in [-0.39, 0.29) is 17.7 Å². The first-order chi connectivity index (χ1) is 15.9. The van der Waals surface area contributed by atoms with Crippen molar-refractivity contribution in [2.75, 3.05) is 7.05 Å². The lowest BCUT2D eigenvalue weighted by atomic mass is 9.99. The van der Waals surface area contributed by atoms with E-state index in [1.807, 2.05) is 75.4 Å². The molecule has 7 heteroatoms. The molecule has 2 N–H and O–H groups in total. The molecule has 0 aliphatic heterocycles. The molecule has 0 aliphatic rings. The molecule has 2 unspecified atom stereocenters. The van der Waals surface area contributed by atoms with Crippen molar-refractivity contribution in [1.82, 2.24) is 15.5 Å². The molecule has 0 saturated carbocycles. The Morgan fingerprint density at radius 2 is 1.56 bits per heavy atom. The van der Waals surface area contributed by atoms with Gasteiger partial charge >= 0.3 is 6.09 Å². The van der Waals surface area contributed by atoms with Crippen LogP contribution in [0, 0.1) is 12.8 Å². The molecule has 3 amide bonds. The van der Waals surface area contributed by atoms with Crippen LogP contribution in [0.2, 0.25) is 0 Å². The number of rotatable bonds is 8. The Morgan fingerprint density at radius 1 is 0.971 bits per heavy atom. The first-order valence-corrected chi connectivity index (χ1v) is 11.5. The Labute approximate surface area is 202 Å². The van der Waals surface area contributed by atoms with E-state index >= 15 is 0 Å². The molecule has 2 aromatic rings. The van der Waals surface area contributed by atoms with Crippen LogP contribution in [0.15, 0.2) is 54.6 Å². The van der Waals surface area contributed by atoms with Gasteiger partial charge in [0.2, 0.25) is 11.8 Å². The molecule has 0 aliphatic carbocycles. The summed E-state index contributed by atoms with van der Waals surface area (Å²) in [6.45, 7) is 11.3. The standard InChI is InChI=1S/C27H37N3O4/c1-18(2)22(29-26(33)34-27(4,5)6)25(32)30(7)23(21-15-13-19(3)14-16-21)24(31)28-17-20-11-9-8-10-12-20/h8-16,18,22-23H,17H2,1-7H3,(H,28,31)(H,29,33). The summed E-state index contributed by atoms with van der Waals surface area (Å²) in [5, 5.41) is 5.62. The number of benzene rings is 2. The highest BCUT2D eigenvalue weighted by Gasteiger charge is 2.35. The minimum atomic E-state index is -0.863. The van der Waals surface area contributed by atoms with Crippen LogP contribution in [0.5, 0.6) is 0 Å². The molecule has 7 nitrogen and oxygen atoms in total. The third-order valence-electron chi connectivity index (χ3n) is 5.29. The SMILES string of the molecule is Cc1ccc(C(C(=O)NCc2ccccc2)N(C)C(=O)C(NC(=O)OC(C)(C)C)C(C)C)cc1. The number of likely N-dealkylation sites (N-methyl/N-ethyl adjacent to an activating group) is 1. The van der Waals surface area contributed by atoms with Gasteiger partial charge in [0.1, 0.15) is 17.7 Å². The van der Waals surface area contributed by atoms with Crippen molar-refractivity contribution in [2.45, 2.75) is 65.8 Å². The van der Waals surface area contributed by atoms with E-state index in [1.54, 1.807) is 27.8 Å². The average molecular weight is 468 g/mol. The average Bonchev–Trinajstić information content (AvgIpc) is 2.76. The van der Waals surface area contributed by atoms with E-state index in [0.717, 1.165) is 11.1 Å². The highest BCUT2D eigenvalue weighted by molar-refractivity contribution is 5.92. The number of amides is 3. The van der Waals surface area contributed by atoms with Gasteiger partial charge < -0.3 is 20.3 Å². The number of nitrogens with zero attached hydrogens (tertiary/aromatic N) is 1. The maximum absolute atomic E-state index is 13.5. The van der Waals surface area contributed by atoms with Crippen molar-refractivity contribution >= 4 is 17.9 Å². The third kappa shape index (κ3) is 7.90. The number of nitrogens with one attached hydrogen (secondary N) is 2. The van der Waals surface area contributed by atoms with Crippen LogP contribution in [-0.4, -0.2) is 41.5 Å². The Hall–Kier alpha value is -3.35. The van der Waals surface area contributed by atoms with E-state index in [0.29, 0.717) is 12.1 Å². The van der Waals surface area contributed by atoms with E-state index in [2.05, 4.69) is 10.6 Å². The smallest absolute Gasteiger partial charge is 0.408 e. The van der Waals surface area contributed by atoms with Crippen molar-refractivity contribution < 1.29 is 19.1 Å². The maximum Gasteiger partial charge on any atom is 0.408 e. The first kappa shape index (κ1) is 26.9. The number of carbonyl (C=O) groups excluding carboxylic acids is 3. The molecule has 0 heterocycles. The van der Waals surface area contributed by atoms with E-state index in [1.165, 1.54) is 4.90 Å². The van der Waals surface area contributed by atoms with E-state index in [4.69, 9.17) is 4.74 Å². The van der Waals surface area contributed by atoms with Crippen LogP contribution in [-0.2, 0) is 20.9 Å². The highest BCUT2D eigenvalue weighted by atomic mass is 16.6. The number of alkyl carbamates (subject to hydrolysis) is 1. The number of carbonyl (C=O) groups is 3. The lowest BCUT2D eigenvalue weighted by molar-refractivity contribution is -0.141. The van der Waals surface area contributed by atoms with Gasteiger partial charge in [-0.25, -0.2) is 4.79 Å². The quantitative estimate of drug-likeness (QED) is 0.604. The molecule has 2 atom stereocenters. The fourth-order valence-corrected chi connectivity index (χ4v) is 3.48. The summed E-state index contributed by atoms with van der Waals surface area (Å²) < 4.78 is 5.34. The Kier molecular flexibility index (Phi) is 9.24. The largest absolute Gasteiger partial charge is 0.444 e. The maximum atomic E-state index is 13.5. The highest BCUT2D eigenvalue weighted by Crippen LogP contribution is 2.23. The lowest BCUT2D eigenvalue weighted by Gasteiger charge is -2.33. The Morgan fingerprint density at radius 3 is 2.09 bits per heavy atom. The normalized spacial score (nSPS) is 13.1. The van der Waals surface area contributed by atoms with Crippen molar-refractivity contribution in [3.05, 3.63) is 71.3 Å². The van der Waals surface area contributed by atoms with Crippen LogP contribution in [0.25, 0.3) is 0 Å². The second kappa shape index (κ2) is 11.7. The summed E-state index contributed by atoms with van der Waals surface area (Å²) >= 11 is 0. The minimum absolute atomic E-state index is 0.214. The zero-order valence-corrected chi connectivity index (χ0v) is 21.2. The Bertz CT molecular complexity index is 966. The predicted molar refractivity (Wildman–Crippen MR) is 133 cm³/mol. The van der Waals surface area contributed by atoms with Crippen LogP contribution in [0.1, 0.15) is 57.4 Å². The monoisotopic (exact) mass is 467 g/mol. The number of hydrogen-bond donors (Lipinski definition) is 2. The van der Waals surface area contributed by atoms with Gasteiger partial charge in [0.25, 0.3) is 0 Å². The van der Waals surface area contributed by atoms with Gasteiger partial charge in [-0.15, -0.1) is 0 Å². The van der Waals surface area contributed by atoms with Gasteiger partial charge in [-0.2, -0.15) is 0 Å². The van der Waals surface area contributed by atoms with Gasteiger partial charge in [-0.3, -0.25) is 9.59 Å². The van der Waals surface area contributed by atoms with Crippen LogP contribution < -0.4 is 10.6 Å². The van der Waals surface area contributed by atoms with Crippen molar-refractivity contribution in [2.24, 2.45) is 5.92 Å². The number of ether oxygens (including phenoxy) is 1. The summed E-state index contributed by atoms with van der Waals surface area (Å²) in [5.74, 6) is -0.891. The van der Waals surface area contributed by atoms with Gasteiger partial charge in [-0.1, -0.05) is 74.0 Å². The topological polar surface area (TPSA) is 87.7 Å². The summed E-state index contributed by atoms with van der Waals surface area (Å²) in [4.78, 5) is 40.6. The lowest BCUT2D eigenvalue weighted by Crippen LogP contribution is -2.53. The van der Waals surface area contributed by atoms with Crippen molar-refractivity contribution in [3.8, 4) is 0 Å². The molecule has 0 spiro atoms. The molecule has 184 valence electrons.